The van der Waals surface area contributed by atoms with E-state index >= 15 is 0 Å². The fourth-order valence-electron chi connectivity index (χ4n) is 2.81. The number of rotatable bonds is 10. The Bertz CT molecular complexity index is 1220. The number of carboxylic acids is 1. The Hall–Kier alpha value is -2.28. The van der Waals surface area contributed by atoms with E-state index in [-0.39, 0.29) is 17.1 Å². The van der Waals surface area contributed by atoms with Crippen LogP contribution in [0.5, 0.6) is 0 Å². The van der Waals surface area contributed by atoms with Gasteiger partial charge in [0.15, 0.2) is 23.5 Å². The summed E-state index contributed by atoms with van der Waals surface area (Å²) in [6.07, 6.45) is -7.43. The smallest absolute Gasteiger partial charge is 0.479 e. The zero-order valence-electron chi connectivity index (χ0n) is 16.6. The molecule has 1 aliphatic rings. The highest BCUT2D eigenvalue weighted by atomic mass is 31.3. The third-order valence-electron chi connectivity index (χ3n) is 4.35. The fourth-order valence-corrected chi connectivity index (χ4v) is 4.89. The molecule has 3 heterocycles. The van der Waals surface area contributed by atoms with E-state index in [9.17, 15) is 38.7 Å². The number of aliphatic hydroxyl groups is 3. The number of aromatic amines is 1. The zero-order valence-corrected chi connectivity index (χ0v) is 18.4. The van der Waals surface area contributed by atoms with E-state index in [1.54, 1.807) is 0 Å². The van der Waals surface area contributed by atoms with Gasteiger partial charge in [-0.15, -0.1) is 0 Å². The highest BCUT2D eigenvalue weighted by molar-refractivity contribution is 7.61. The van der Waals surface area contributed by atoms with Gasteiger partial charge in [-0.25, -0.2) is 18.9 Å². The molecular formula is C13H19N5O14P2. The number of nitrogens with one attached hydrogen (secondary N) is 1. The van der Waals surface area contributed by atoms with E-state index in [0.717, 1.165) is 10.9 Å². The monoisotopic (exact) mass is 531 g/mol. The topological polar surface area (TPSA) is 299 Å². The van der Waals surface area contributed by atoms with E-state index in [2.05, 4.69) is 28.3 Å². The largest absolute Gasteiger partial charge is 0.481 e. The molecule has 34 heavy (non-hydrogen) atoms. The molecule has 0 radical (unpaired) electrons. The molecule has 1 fully saturated rings. The van der Waals surface area contributed by atoms with Crippen LogP contribution >= 0.6 is 15.6 Å². The second-order valence-electron chi connectivity index (χ2n) is 6.79. The lowest BCUT2D eigenvalue weighted by Gasteiger charge is -2.19. The van der Waals surface area contributed by atoms with Crippen LogP contribution in [0, 0.1) is 0 Å². The molecule has 21 heteroatoms. The lowest BCUT2D eigenvalue weighted by molar-refractivity contribution is -0.148. The van der Waals surface area contributed by atoms with Crippen LogP contribution in [-0.2, 0) is 32.0 Å². The third-order valence-corrected chi connectivity index (χ3v) is 6.95. The Morgan fingerprint density at radius 2 is 1.91 bits per heavy atom. The Labute approximate surface area is 187 Å². The summed E-state index contributed by atoms with van der Waals surface area (Å²) < 4.78 is 42.7. The Balaban J connectivity index is 1.66. The zero-order chi connectivity index (χ0) is 25.4. The lowest BCUT2D eigenvalue weighted by Crippen LogP contribution is -2.33. The first-order chi connectivity index (χ1) is 15.7. The van der Waals surface area contributed by atoms with Gasteiger partial charge in [-0.2, -0.15) is 9.29 Å². The second-order valence-corrected chi connectivity index (χ2v) is 9.83. The molecule has 0 bridgehead atoms. The number of anilines is 1. The van der Waals surface area contributed by atoms with Crippen LogP contribution in [0.15, 0.2) is 11.1 Å². The number of nitrogen functional groups attached to an aromatic ring is 1. The van der Waals surface area contributed by atoms with Crippen molar-refractivity contribution in [3.05, 3.63) is 16.7 Å². The molecule has 2 unspecified atom stereocenters. The van der Waals surface area contributed by atoms with E-state index in [1.807, 2.05) is 0 Å². The quantitative estimate of drug-likeness (QED) is 0.142. The van der Waals surface area contributed by atoms with Gasteiger partial charge < -0.3 is 40.7 Å². The predicted molar refractivity (Wildman–Crippen MR) is 105 cm³/mol. The number of phosphoric ester groups is 2. The standard InChI is InChI=1S/C13H19N5O14P2/c14-13-16-9-6(10(22)17-13)15-3-18(9)11-8(21)7(20)5(31-11)2-30-34(27,28)32-33(25,26)29-1-4(19)12(23)24/h3-5,7-8,11,19-21H,1-2H2,(H,23,24)(H,25,26)(H,27,28)(H3,14,16,17,22)/t4-,5-,7-,8-,11-/m1/s1. The summed E-state index contributed by atoms with van der Waals surface area (Å²) in [6, 6.07) is 0. The average molecular weight is 531 g/mol. The maximum absolute atomic E-state index is 12.0. The second kappa shape index (κ2) is 9.76. The van der Waals surface area contributed by atoms with Gasteiger partial charge in [-0.05, 0) is 0 Å². The molecule has 9 N–H and O–H groups in total. The number of imidazole rings is 1. The highest BCUT2D eigenvalue weighted by Crippen LogP contribution is 2.60. The average Bonchev–Trinajstić information content (AvgIpc) is 3.25. The van der Waals surface area contributed by atoms with E-state index in [4.69, 9.17) is 20.7 Å². The minimum absolute atomic E-state index is 0.0999. The molecule has 0 aromatic carbocycles. The molecule has 19 nitrogen and oxygen atoms in total. The van der Waals surface area contributed by atoms with Gasteiger partial charge in [0.25, 0.3) is 5.56 Å². The fraction of sp³-hybridized carbons (Fsp3) is 0.538. The molecule has 2 aromatic heterocycles. The molecule has 0 aliphatic carbocycles. The molecule has 1 saturated heterocycles. The van der Waals surface area contributed by atoms with Crippen LogP contribution < -0.4 is 11.3 Å². The number of aliphatic carboxylic acids is 1. The van der Waals surface area contributed by atoms with Crippen molar-refractivity contribution in [2.24, 2.45) is 0 Å². The van der Waals surface area contributed by atoms with Gasteiger partial charge in [0.2, 0.25) is 5.95 Å². The van der Waals surface area contributed by atoms with Crippen molar-refractivity contribution >= 4 is 38.7 Å². The Morgan fingerprint density at radius 3 is 2.56 bits per heavy atom. The van der Waals surface area contributed by atoms with Crippen LogP contribution in [0.4, 0.5) is 5.95 Å². The van der Waals surface area contributed by atoms with Gasteiger partial charge in [0, 0.05) is 0 Å². The Kier molecular flexibility index (Phi) is 7.56. The number of hydrogen-bond acceptors (Lipinski definition) is 14. The lowest BCUT2D eigenvalue weighted by atomic mass is 10.1. The van der Waals surface area contributed by atoms with Gasteiger partial charge in [-0.3, -0.25) is 23.4 Å². The third kappa shape index (κ3) is 5.85. The van der Waals surface area contributed by atoms with Gasteiger partial charge in [-0.1, -0.05) is 0 Å². The summed E-state index contributed by atoms with van der Waals surface area (Å²) in [5.41, 5.74) is 4.55. The number of phosphoric acid groups is 2. The number of nitrogens with two attached hydrogens (primary N) is 1. The van der Waals surface area contributed by atoms with E-state index in [1.165, 1.54) is 0 Å². The molecule has 0 saturated carbocycles. The number of ether oxygens (including phenoxy) is 1. The summed E-state index contributed by atoms with van der Waals surface area (Å²) in [6.45, 7) is -2.20. The van der Waals surface area contributed by atoms with Crippen molar-refractivity contribution in [2.75, 3.05) is 18.9 Å². The maximum atomic E-state index is 12.0. The number of carbonyl (C=O) groups is 1. The van der Waals surface area contributed by atoms with Crippen molar-refractivity contribution in [3.63, 3.8) is 0 Å². The highest BCUT2D eigenvalue weighted by Gasteiger charge is 2.46. The van der Waals surface area contributed by atoms with Crippen molar-refractivity contribution in [3.8, 4) is 0 Å². The number of aliphatic hydroxyl groups excluding tert-OH is 3. The molecule has 3 rings (SSSR count). The summed E-state index contributed by atoms with van der Waals surface area (Å²) in [5.74, 6) is -2.06. The number of nitrogens with zero attached hydrogens (tertiary/aromatic N) is 3. The van der Waals surface area contributed by atoms with Crippen LogP contribution in [-0.4, -0.2) is 93.3 Å². The minimum atomic E-state index is -5.36. The number of hydrogen-bond donors (Lipinski definition) is 8. The Morgan fingerprint density at radius 1 is 1.26 bits per heavy atom. The van der Waals surface area contributed by atoms with Crippen molar-refractivity contribution in [1.29, 1.82) is 0 Å². The first kappa shape index (κ1) is 26.3. The number of fused-ring (bicyclic) bond motifs is 1. The molecule has 1 aliphatic heterocycles. The van der Waals surface area contributed by atoms with Gasteiger partial charge in [0.1, 0.15) is 18.3 Å². The van der Waals surface area contributed by atoms with Crippen molar-refractivity contribution < 1.29 is 62.2 Å². The van der Waals surface area contributed by atoms with Gasteiger partial charge >= 0.3 is 21.6 Å². The summed E-state index contributed by atoms with van der Waals surface area (Å²) in [4.78, 5) is 51.3. The number of H-pyrrole nitrogens is 1. The summed E-state index contributed by atoms with van der Waals surface area (Å²) in [7, 11) is -10.7. The minimum Gasteiger partial charge on any atom is -0.479 e. The maximum Gasteiger partial charge on any atom is 0.481 e. The summed E-state index contributed by atoms with van der Waals surface area (Å²) in [5, 5.41) is 38.0. The van der Waals surface area contributed by atoms with Crippen molar-refractivity contribution in [1.82, 2.24) is 19.5 Å². The molecular weight excluding hydrogens is 512 g/mol. The van der Waals surface area contributed by atoms with Gasteiger partial charge in [0.05, 0.1) is 19.5 Å². The molecule has 0 amide bonds. The van der Waals surface area contributed by atoms with E-state index < -0.39 is 71.0 Å². The van der Waals surface area contributed by atoms with Crippen molar-refractivity contribution in [2.45, 2.75) is 30.6 Å². The van der Waals surface area contributed by atoms with E-state index in [0.29, 0.717) is 0 Å². The first-order valence-electron chi connectivity index (χ1n) is 9.01. The molecule has 2 aromatic rings. The first-order valence-corrected chi connectivity index (χ1v) is 12.0. The predicted octanol–water partition coefficient (Wildman–Crippen LogP) is -2.98. The SMILES string of the molecule is Nc1nc2c(ncn2[C@@H]2O[C@H](COP(=O)(O)OP(=O)(O)OC[C@@H](O)C(=O)O)[C@@H](O)[C@H]2O)c(=O)[nH]1. The number of aromatic nitrogens is 4. The van der Waals surface area contributed by atoms with Crippen LogP contribution in [0.3, 0.4) is 0 Å². The molecule has 7 atom stereocenters. The normalized spacial score (nSPS) is 27.3. The van der Waals surface area contributed by atoms with Crippen LogP contribution in [0.1, 0.15) is 6.23 Å². The number of carboxylic acid groups (broad SMARTS) is 1. The summed E-state index contributed by atoms with van der Waals surface area (Å²) >= 11 is 0. The van der Waals surface area contributed by atoms with Crippen LogP contribution in [0.25, 0.3) is 11.2 Å². The molecule has 0 spiro atoms. The van der Waals surface area contributed by atoms with Crippen LogP contribution in [0.2, 0.25) is 0 Å². The molecule has 190 valence electrons.